The summed E-state index contributed by atoms with van der Waals surface area (Å²) in [7, 11) is 0. The molecule has 1 heterocycles. The lowest BCUT2D eigenvalue weighted by Crippen LogP contribution is -2.43. The van der Waals surface area contributed by atoms with E-state index >= 15 is 0 Å². The van der Waals surface area contributed by atoms with E-state index in [1.54, 1.807) is 11.8 Å². The van der Waals surface area contributed by atoms with Crippen molar-refractivity contribution in [2.45, 2.75) is 32.4 Å². The van der Waals surface area contributed by atoms with Crippen molar-refractivity contribution in [2.24, 2.45) is 0 Å². The molecule has 1 aliphatic heterocycles. The van der Waals surface area contributed by atoms with Gasteiger partial charge < -0.3 is 14.4 Å². The zero-order valence-electron chi connectivity index (χ0n) is 14.6. The Balaban J connectivity index is 1.57. The molecule has 0 spiro atoms. The average Bonchev–Trinajstić information content (AvgIpc) is 2.96. The van der Waals surface area contributed by atoms with Crippen LogP contribution in [0, 0.1) is 5.82 Å². The molecule has 0 aliphatic carbocycles. The zero-order chi connectivity index (χ0) is 18.7. The highest BCUT2D eigenvalue weighted by molar-refractivity contribution is 5.99. The number of hydrogen-bond acceptors (Lipinski definition) is 4. The number of esters is 1. The third-order valence-corrected chi connectivity index (χ3v) is 4.27. The topological polar surface area (TPSA) is 55.8 Å². The Bertz CT molecular complexity index is 806. The maximum atomic E-state index is 12.8. The van der Waals surface area contributed by atoms with E-state index < -0.39 is 12.1 Å². The molecule has 0 saturated carbocycles. The van der Waals surface area contributed by atoms with Gasteiger partial charge in [-0.1, -0.05) is 18.2 Å². The van der Waals surface area contributed by atoms with E-state index in [9.17, 15) is 14.0 Å². The SMILES string of the molecule is C[C@H](OC(=O)COc1ccc(F)cc1)C(=O)N1c2ccccc2C[C@H]1C. The maximum Gasteiger partial charge on any atom is 0.344 e. The van der Waals surface area contributed by atoms with E-state index in [2.05, 4.69) is 0 Å². The summed E-state index contributed by atoms with van der Waals surface area (Å²) in [4.78, 5) is 26.4. The van der Waals surface area contributed by atoms with Gasteiger partial charge in [0.25, 0.3) is 5.91 Å². The summed E-state index contributed by atoms with van der Waals surface area (Å²) in [6.07, 6.45) is -0.149. The van der Waals surface area contributed by atoms with Crippen LogP contribution < -0.4 is 9.64 Å². The second kappa shape index (κ2) is 7.56. The van der Waals surface area contributed by atoms with E-state index in [0.717, 1.165) is 17.7 Å². The highest BCUT2D eigenvalue weighted by atomic mass is 19.1. The number of carbonyl (C=O) groups excluding carboxylic acids is 2. The van der Waals surface area contributed by atoms with Crippen LogP contribution in [0.5, 0.6) is 5.75 Å². The number of fused-ring (bicyclic) bond motifs is 1. The number of nitrogens with zero attached hydrogens (tertiary/aromatic N) is 1. The quantitative estimate of drug-likeness (QED) is 0.772. The second-order valence-corrected chi connectivity index (χ2v) is 6.26. The molecule has 1 aliphatic rings. The molecule has 0 radical (unpaired) electrons. The molecule has 0 saturated heterocycles. The molecule has 5 nitrogen and oxygen atoms in total. The molecule has 2 aromatic rings. The minimum atomic E-state index is -0.923. The van der Waals surface area contributed by atoms with Gasteiger partial charge in [-0.2, -0.15) is 0 Å². The Kier molecular flexibility index (Phi) is 5.21. The number of carbonyl (C=O) groups is 2. The predicted octanol–water partition coefficient (Wildman–Crippen LogP) is 3.11. The van der Waals surface area contributed by atoms with Gasteiger partial charge in [0.05, 0.1) is 0 Å². The second-order valence-electron chi connectivity index (χ2n) is 6.26. The first-order chi connectivity index (χ1) is 12.5. The van der Waals surface area contributed by atoms with Crippen molar-refractivity contribution >= 4 is 17.6 Å². The average molecular weight is 357 g/mol. The van der Waals surface area contributed by atoms with Crippen molar-refractivity contribution in [3.8, 4) is 5.75 Å². The van der Waals surface area contributed by atoms with Crippen molar-refractivity contribution in [3.63, 3.8) is 0 Å². The molecule has 1 amide bonds. The lowest BCUT2D eigenvalue weighted by Gasteiger charge is -2.25. The largest absolute Gasteiger partial charge is 0.482 e. The Morgan fingerprint density at radius 3 is 2.62 bits per heavy atom. The Hall–Kier alpha value is -2.89. The monoisotopic (exact) mass is 357 g/mol. The summed E-state index contributed by atoms with van der Waals surface area (Å²) in [5.74, 6) is -0.962. The maximum absolute atomic E-state index is 12.8. The number of benzene rings is 2. The third-order valence-electron chi connectivity index (χ3n) is 4.27. The highest BCUT2D eigenvalue weighted by Crippen LogP contribution is 2.32. The molecule has 26 heavy (non-hydrogen) atoms. The summed E-state index contributed by atoms with van der Waals surface area (Å²) in [5, 5.41) is 0. The molecular weight excluding hydrogens is 337 g/mol. The Labute approximate surface area is 151 Å². The first-order valence-electron chi connectivity index (χ1n) is 8.44. The molecule has 2 aromatic carbocycles. The molecule has 2 atom stereocenters. The molecule has 0 bridgehead atoms. The molecular formula is C20H20FNO4. The van der Waals surface area contributed by atoms with Crippen LogP contribution in [-0.4, -0.2) is 30.6 Å². The van der Waals surface area contributed by atoms with E-state index in [-0.39, 0.29) is 24.4 Å². The van der Waals surface area contributed by atoms with Crippen molar-refractivity contribution in [1.29, 1.82) is 0 Å². The number of ether oxygens (including phenoxy) is 2. The summed E-state index contributed by atoms with van der Waals surface area (Å²) < 4.78 is 23.3. The van der Waals surface area contributed by atoms with E-state index in [0.29, 0.717) is 5.75 Å². The van der Waals surface area contributed by atoms with Gasteiger partial charge in [0.1, 0.15) is 11.6 Å². The molecule has 0 unspecified atom stereocenters. The van der Waals surface area contributed by atoms with Crippen LogP contribution in [0.2, 0.25) is 0 Å². The van der Waals surface area contributed by atoms with Crippen molar-refractivity contribution in [2.75, 3.05) is 11.5 Å². The fourth-order valence-electron chi connectivity index (χ4n) is 3.05. The standard InChI is InChI=1S/C20H20FNO4/c1-13-11-15-5-3-4-6-18(15)22(13)20(24)14(2)26-19(23)12-25-17-9-7-16(21)8-10-17/h3-10,13-14H,11-12H2,1-2H3/t13-,14+/m1/s1. The van der Waals surface area contributed by atoms with Gasteiger partial charge >= 0.3 is 5.97 Å². The number of halogens is 1. The molecule has 0 N–H and O–H groups in total. The van der Waals surface area contributed by atoms with Gasteiger partial charge in [0, 0.05) is 11.7 Å². The number of amides is 1. The van der Waals surface area contributed by atoms with Crippen LogP contribution in [0.1, 0.15) is 19.4 Å². The first kappa shape index (κ1) is 17.9. The number of para-hydroxylation sites is 1. The minimum Gasteiger partial charge on any atom is -0.482 e. The fraction of sp³-hybridized carbons (Fsp3) is 0.300. The van der Waals surface area contributed by atoms with Crippen molar-refractivity contribution in [3.05, 3.63) is 59.9 Å². The van der Waals surface area contributed by atoms with Crippen LogP contribution in [0.4, 0.5) is 10.1 Å². The van der Waals surface area contributed by atoms with Gasteiger partial charge in [0.2, 0.25) is 0 Å². The smallest absolute Gasteiger partial charge is 0.344 e. The van der Waals surface area contributed by atoms with Gasteiger partial charge in [-0.25, -0.2) is 9.18 Å². The summed E-state index contributed by atoms with van der Waals surface area (Å²) in [6, 6.07) is 13.0. The van der Waals surface area contributed by atoms with Crippen LogP contribution in [0.3, 0.4) is 0 Å². The summed E-state index contributed by atoms with van der Waals surface area (Å²) in [6.45, 7) is 3.16. The van der Waals surface area contributed by atoms with Gasteiger partial charge in [-0.05, 0) is 56.2 Å². The molecule has 0 aromatic heterocycles. The minimum absolute atomic E-state index is 0.0107. The zero-order valence-corrected chi connectivity index (χ0v) is 14.6. The Morgan fingerprint density at radius 2 is 1.88 bits per heavy atom. The van der Waals surface area contributed by atoms with Crippen molar-refractivity contribution in [1.82, 2.24) is 0 Å². The van der Waals surface area contributed by atoms with Gasteiger partial charge in [-0.15, -0.1) is 0 Å². The molecule has 136 valence electrons. The number of rotatable bonds is 5. The number of hydrogen-bond donors (Lipinski definition) is 0. The van der Waals surface area contributed by atoms with Crippen molar-refractivity contribution < 1.29 is 23.5 Å². The summed E-state index contributed by atoms with van der Waals surface area (Å²) in [5.41, 5.74) is 1.96. The summed E-state index contributed by atoms with van der Waals surface area (Å²) >= 11 is 0. The fourth-order valence-corrected chi connectivity index (χ4v) is 3.05. The lowest BCUT2D eigenvalue weighted by atomic mass is 10.1. The lowest BCUT2D eigenvalue weighted by molar-refractivity contribution is -0.155. The predicted molar refractivity (Wildman–Crippen MR) is 94.5 cm³/mol. The molecule has 3 rings (SSSR count). The van der Waals surface area contributed by atoms with Crippen LogP contribution in [0.25, 0.3) is 0 Å². The third kappa shape index (κ3) is 3.85. The normalized spacial score (nSPS) is 16.7. The Morgan fingerprint density at radius 1 is 1.19 bits per heavy atom. The van der Waals surface area contributed by atoms with Crippen LogP contribution in [0.15, 0.2) is 48.5 Å². The van der Waals surface area contributed by atoms with Crippen LogP contribution in [-0.2, 0) is 20.7 Å². The molecule has 0 fully saturated rings. The van der Waals surface area contributed by atoms with Gasteiger partial charge in [-0.3, -0.25) is 4.79 Å². The van der Waals surface area contributed by atoms with E-state index in [1.165, 1.54) is 24.3 Å². The van der Waals surface area contributed by atoms with Gasteiger partial charge in [0.15, 0.2) is 12.7 Å². The molecule has 6 heteroatoms. The van der Waals surface area contributed by atoms with E-state index in [4.69, 9.17) is 9.47 Å². The first-order valence-corrected chi connectivity index (χ1v) is 8.44. The number of anilines is 1. The van der Waals surface area contributed by atoms with Crippen LogP contribution >= 0.6 is 0 Å². The van der Waals surface area contributed by atoms with E-state index in [1.807, 2.05) is 31.2 Å². The highest BCUT2D eigenvalue weighted by Gasteiger charge is 2.34.